The summed E-state index contributed by atoms with van der Waals surface area (Å²) in [7, 11) is 0. The van der Waals surface area contributed by atoms with Crippen LogP contribution in [0.4, 0.5) is 0 Å². The molecule has 1 amide bonds. The van der Waals surface area contributed by atoms with Gasteiger partial charge in [0.15, 0.2) is 0 Å². The molecule has 1 heterocycles. The van der Waals surface area contributed by atoms with Crippen molar-refractivity contribution in [3.63, 3.8) is 0 Å². The molecule has 6 heteroatoms. The lowest BCUT2D eigenvalue weighted by Gasteiger charge is -2.33. The quantitative estimate of drug-likeness (QED) is 0.398. The Morgan fingerprint density at radius 2 is 1.77 bits per heavy atom. The minimum absolute atomic E-state index is 0.00161. The molecule has 6 nitrogen and oxygen atoms in total. The first-order valence-electron chi connectivity index (χ1n) is 11.7. The van der Waals surface area contributed by atoms with Crippen LogP contribution < -0.4 is 16.3 Å². The van der Waals surface area contributed by atoms with Crippen LogP contribution in [0.1, 0.15) is 94.9 Å². The van der Waals surface area contributed by atoms with E-state index in [0.717, 1.165) is 32.2 Å². The minimum atomic E-state index is -0.234. The molecule has 1 unspecified atom stereocenters. The largest absolute Gasteiger partial charge is 0.375 e. The van der Waals surface area contributed by atoms with Crippen molar-refractivity contribution in [1.29, 1.82) is 0 Å². The van der Waals surface area contributed by atoms with Crippen molar-refractivity contribution in [2.45, 2.75) is 106 Å². The fourth-order valence-corrected chi connectivity index (χ4v) is 3.73. The van der Waals surface area contributed by atoms with Crippen LogP contribution in [0.5, 0.6) is 0 Å². The summed E-state index contributed by atoms with van der Waals surface area (Å²) >= 11 is 0. The summed E-state index contributed by atoms with van der Waals surface area (Å²) in [6, 6.07) is 0. The predicted molar refractivity (Wildman–Crippen MR) is 125 cm³/mol. The molecule has 0 spiro atoms. The normalized spacial score (nSPS) is 17.2. The molecule has 176 valence electrons. The van der Waals surface area contributed by atoms with E-state index in [-0.39, 0.29) is 28.4 Å². The van der Waals surface area contributed by atoms with Crippen molar-refractivity contribution in [3.05, 3.63) is 11.9 Å². The first-order valence-corrected chi connectivity index (χ1v) is 11.7. The van der Waals surface area contributed by atoms with Crippen LogP contribution in [0.15, 0.2) is 11.9 Å². The zero-order valence-corrected chi connectivity index (χ0v) is 21.2. The number of rotatable bonds is 13. The van der Waals surface area contributed by atoms with Crippen LogP contribution in [-0.2, 0) is 9.53 Å². The minimum Gasteiger partial charge on any atom is -0.375 e. The van der Waals surface area contributed by atoms with E-state index in [0.29, 0.717) is 12.5 Å². The molecular formula is C24H48N4O2. The molecule has 0 aromatic heterocycles. The van der Waals surface area contributed by atoms with Crippen molar-refractivity contribution in [2.24, 2.45) is 17.3 Å². The van der Waals surface area contributed by atoms with Gasteiger partial charge in [0.2, 0.25) is 5.91 Å². The van der Waals surface area contributed by atoms with Crippen molar-refractivity contribution in [1.82, 2.24) is 21.3 Å². The van der Waals surface area contributed by atoms with Crippen molar-refractivity contribution in [2.75, 3.05) is 13.2 Å². The molecule has 1 aliphatic heterocycles. The Labute approximate surface area is 185 Å². The van der Waals surface area contributed by atoms with Crippen molar-refractivity contribution >= 4 is 5.91 Å². The lowest BCUT2D eigenvalue weighted by Crippen LogP contribution is -2.48. The topological polar surface area (TPSA) is 65.6 Å². The summed E-state index contributed by atoms with van der Waals surface area (Å²) in [5.74, 6) is 0.760. The van der Waals surface area contributed by atoms with E-state index in [1.54, 1.807) is 0 Å². The van der Waals surface area contributed by atoms with Gasteiger partial charge in [-0.25, -0.2) is 0 Å². The Kier molecular flexibility index (Phi) is 9.68. The molecule has 1 rings (SSSR count). The summed E-state index contributed by atoms with van der Waals surface area (Å²) in [4.78, 5) is 12.1. The van der Waals surface area contributed by atoms with Crippen LogP contribution in [0.25, 0.3) is 0 Å². The maximum Gasteiger partial charge on any atom is 0.222 e. The third-order valence-electron chi connectivity index (χ3n) is 6.10. The zero-order chi connectivity index (χ0) is 23.2. The van der Waals surface area contributed by atoms with Gasteiger partial charge in [0, 0.05) is 36.2 Å². The van der Waals surface area contributed by atoms with E-state index >= 15 is 0 Å². The van der Waals surface area contributed by atoms with Gasteiger partial charge in [0.1, 0.15) is 0 Å². The van der Waals surface area contributed by atoms with E-state index in [4.69, 9.17) is 4.74 Å². The van der Waals surface area contributed by atoms with Crippen LogP contribution >= 0.6 is 0 Å². The number of ether oxygens (including phenoxy) is 1. The highest BCUT2D eigenvalue weighted by atomic mass is 16.5. The van der Waals surface area contributed by atoms with E-state index in [2.05, 4.69) is 82.9 Å². The average molecular weight is 425 g/mol. The van der Waals surface area contributed by atoms with Gasteiger partial charge < -0.3 is 15.5 Å². The smallest absolute Gasteiger partial charge is 0.222 e. The Morgan fingerprint density at radius 1 is 1.13 bits per heavy atom. The zero-order valence-electron chi connectivity index (χ0n) is 21.2. The molecule has 0 aromatic carbocycles. The number of nitrogens with zero attached hydrogens (tertiary/aromatic N) is 1. The molecule has 30 heavy (non-hydrogen) atoms. The highest BCUT2D eigenvalue weighted by Gasteiger charge is 2.30. The first kappa shape index (κ1) is 26.8. The van der Waals surface area contributed by atoms with Gasteiger partial charge in [-0.1, -0.05) is 48.5 Å². The van der Waals surface area contributed by atoms with Gasteiger partial charge >= 0.3 is 0 Å². The lowest BCUT2D eigenvalue weighted by atomic mass is 9.81. The first-order chi connectivity index (χ1) is 13.7. The second-order valence-electron chi connectivity index (χ2n) is 11.1. The predicted octanol–water partition coefficient (Wildman–Crippen LogP) is 4.74. The second-order valence-corrected chi connectivity index (χ2v) is 11.1. The van der Waals surface area contributed by atoms with Crippen LogP contribution in [0.3, 0.4) is 0 Å². The summed E-state index contributed by atoms with van der Waals surface area (Å²) in [5, 5.41) is 5.30. The highest BCUT2D eigenvalue weighted by molar-refractivity contribution is 5.78. The molecule has 0 bridgehead atoms. The maximum atomic E-state index is 12.1. The molecule has 3 N–H and O–H groups in total. The number of hydrogen-bond donors (Lipinski definition) is 3. The molecule has 0 aliphatic carbocycles. The van der Waals surface area contributed by atoms with Crippen LogP contribution in [-0.4, -0.2) is 35.2 Å². The number of allylic oxidation sites excluding steroid dienone is 1. The number of carbonyl (C=O) groups excluding carboxylic acids is 1. The third-order valence-corrected chi connectivity index (χ3v) is 6.10. The fourth-order valence-electron chi connectivity index (χ4n) is 3.73. The maximum absolute atomic E-state index is 12.1. The number of amides is 1. The Morgan fingerprint density at radius 3 is 2.30 bits per heavy atom. The van der Waals surface area contributed by atoms with E-state index in [1.807, 2.05) is 13.8 Å². The molecule has 1 aliphatic rings. The number of nitrogens with one attached hydrogen (secondary N) is 3. The standard InChI is InChI=1S/C24H48N4O2/c1-11-24(10,25-21(29)19(4)5)13-15-30-23(8,9)12-14-28-17-20(26-27-28)22(6,7)16-18(2)3/h17-19,26-27H,11-16H2,1-10H3,(H,25,29). The summed E-state index contributed by atoms with van der Waals surface area (Å²) in [6.45, 7) is 22.9. The molecule has 0 aromatic rings. The third kappa shape index (κ3) is 8.84. The van der Waals surface area contributed by atoms with E-state index in [1.165, 1.54) is 5.70 Å². The number of hydrogen-bond acceptors (Lipinski definition) is 5. The summed E-state index contributed by atoms with van der Waals surface area (Å²) in [6.07, 6.45) is 5.92. The molecule has 0 saturated carbocycles. The van der Waals surface area contributed by atoms with Gasteiger partial charge in [0.25, 0.3) is 0 Å². The van der Waals surface area contributed by atoms with Gasteiger partial charge in [0.05, 0.1) is 11.3 Å². The lowest BCUT2D eigenvalue weighted by molar-refractivity contribution is -0.126. The van der Waals surface area contributed by atoms with Gasteiger partial charge in [-0.05, 0) is 52.4 Å². The molecular weight excluding hydrogens is 376 g/mol. The van der Waals surface area contributed by atoms with Crippen molar-refractivity contribution in [3.8, 4) is 0 Å². The SMILES string of the molecule is CCC(C)(CCOC(C)(C)CCN1C=C(C(C)(C)CC(C)C)NN1)NC(=O)C(C)C. The Hall–Kier alpha value is -1.27. The number of carbonyl (C=O) groups is 1. The molecule has 0 radical (unpaired) electrons. The second kappa shape index (κ2) is 10.9. The van der Waals surface area contributed by atoms with Gasteiger partial charge in [-0.3, -0.25) is 9.80 Å². The summed E-state index contributed by atoms with van der Waals surface area (Å²) in [5.41, 5.74) is 7.50. The summed E-state index contributed by atoms with van der Waals surface area (Å²) < 4.78 is 6.23. The highest BCUT2D eigenvalue weighted by Crippen LogP contribution is 2.33. The molecule has 0 saturated heterocycles. The fraction of sp³-hybridized carbons (Fsp3) is 0.875. The van der Waals surface area contributed by atoms with Crippen LogP contribution in [0.2, 0.25) is 0 Å². The van der Waals surface area contributed by atoms with E-state index in [9.17, 15) is 4.79 Å². The molecule has 0 fully saturated rings. The number of hydrazine groups is 2. The van der Waals surface area contributed by atoms with Gasteiger partial charge in [-0.2, -0.15) is 0 Å². The monoisotopic (exact) mass is 424 g/mol. The van der Waals surface area contributed by atoms with Crippen molar-refractivity contribution < 1.29 is 9.53 Å². The molecule has 1 atom stereocenters. The van der Waals surface area contributed by atoms with E-state index < -0.39 is 0 Å². The van der Waals surface area contributed by atoms with Crippen LogP contribution in [0, 0.1) is 17.3 Å². The average Bonchev–Trinajstić information content (AvgIpc) is 3.09. The Bertz CT molecular complexity index is 584. The van der Waals surface area contributed by atoms with Gasteiger partial charge in [-0.15, -0.1) is 5.53 Å². The Balaban J connectivity index is 2.50.